The van der Waals surface area contributed by atoms with Crippen molar-refractivity contribution in [1.29, 1.82) is 5.26 Å². The molecule has 3 rings (SSSR count). The molecule has 5 heteroatoms. The number of fused-ring (bicyclic) bond motifs is 1. The summed E-state index contributed by atoms with van der Waals surface area (Å²) in [5.41, 5.74) is 3.27. The molecule has 2 aromatic heterocycles. The number of aromatic amines is 1. The Morgan fingerprint density at radius 3 is 3.00 bits per heavy atom. The van der Waals surface area contributed by atoms with Crippen LogP contribution in [0.25, 0.3) is 22.4 Å². The summed E-state index contributed by atoms with van der Waals surface area (Å²) in [6, 6.07) is 7.50. The topological polar surface area (TPSA) is 70.3 Å². The van der Waals surface area contributed by atoms with Crippen LogP contribution in [-0.2, 0) is 7.05 Å². The van der Waals surface area contributed by atoms with Crippen molar-refractivity contribution in [2.75, 3.05) is 0 Å². The van der Waals surface area contributed by atoms with Gasteiger partial charge in [0, 0.05) is 13.2 Å². The first-order valence-corrected chi connectivity index (χ1v) is 5.15. The van der Waals surface area contributed by atoms with Crippen molar-refractivity contribution in [2.45, 2.75) is 0 Å². The quantitative estimate of drug-likeness (QED) is 0.684. The lowest BCUT2D eigenvalue weighted by Gasteiger charge is -1.87. The van der Waals surface area contributed by atoms with Gasteiger partial charge in [-0.2, -0.15) is 10.4 Å². The summed E-state index contributed by atoms with van der Waals surface area (Å²) in [5, 5.41) is 12.9. The van der Waals surface area contributed by atoms with Crippen molar-refractivity contribution in [3.8, 4) is 17.5 Å². The highest BCUT2D eigenvalue weighted by molar-refractivity contribution is 5.80. The SMILES string of the molecule is Cn1cc(-c2nc3ccc(C#N)cc3[nH]2)cn1. The molecule has 82 valence electrons. The summed E-state index contributed by atoms with van der Waals surface area (Å²) in [6.45, 7) is 0. The highest BCUT2D eigenvalue weighted by Crippen LogP contribution is 2.20. The van der Waals surface area contributed by atoms with Crippen molar-refractivity contribution in [2.24, 2.45) is 7.05 Å². The van der Waals surface area contributed by atoms with Gasteiger partial charge in [0.25, 0.3) is 0 Å². The van der Waals surface area contributed by atoms with E-state index in [0.717, 1.165) is 22.4 Å². The Morgan fingerprint density at radius 1 is 1.41 bits per heavy atom. The maximum atomic E-state index is 8.83. The Bertz CT molecular complexity index is 729. The lowest BCUT2D eigenvalue weighted by molar-refractivity contribution is 0.768. The third kappa shape index (κ3) is 1.56. The van der Waals surface area contributed by atoms with Gasteiger partial charge >= 0.3 is 0 Å². The maximum absolute atomic E-state index is 8.83. The fraction of sp³-hybridized carbons (Fsp3) is 0.0833. The van der Waals surface area contributed by atoms with Gasteiger partial charge < -0.3 is 4.98 Å². The van der Waals surface area contributed by atoms with Crippen molar-refractivity contribution < 1.29 is 0 Å². The van der Waals surface area contributed by atoms with Crippen LogP contribution in [0.4, 0.5) is 0 Å². The second-order valence-corrected chi connectivity index (χ2v) is 3.83. The molecule has 0 bridgehead atoms. The summed E-state index contributed by atoms with van der Waals surface area (Å²) in [7, 11) is 1.86. The zero-order chi connectivity index (χ0) is 11.8. The van der Waals surface area contributed by atoms with Gasteiger partial charge in [-0.1, -0.05) is 0 Å². The second kappa shape index (κ2) is 3.46. The molecule has 0 saturated heterocycles. The van der Waals surface area contributed by atoms with E-state index < -0.39 is 0 Å². The van der Waals surface area contributed by atoms with E-state index in [-0.39, 0.29) is 0 Å². The summed E-state index contributed by atoms with van der Waals surface area (Å²) in [4.78, 5) is 7.64. The molecule has 17 heavy (non-hydrogen) atoms. The Kier molecular flexibility index (Phi) is 1.95. The average Bonchev–Trinajstić information content (AvgIpc) is 2.93. The number of aryl methyl sites for hydroxylation is 1. The number of nitrogens with zero attached hydrogens (tertiary/aromatic N) is 4. The minimum absolute atomic E-state index is 0.624. The molecule has 5 nitrogen and oxygen atoms in total. The third-order valence-corrected chi connectivity index (χ3v) is 2.59. The van der Waals surface area contributed by atoms with Crippen LogP contribution in [-0.4, -0.2) is 19.7 Å². The lowest BCUT2D eigenvalue weighted by atomic mass is 10.2. The van der Waals surface area contributed by atoms with Crippen molar-refractivity contribution in [3.63, 3.8) is 0 Å². The standard InChI is InChI=1S/C12H9N5/c1-17-7-9(6-14-17)12-15-10-3-2-8(5-13)4-11(10)16-12/h2-4,6-7H,1H3,(H,15,16). The van der Waals surface area contributed by atoms with Gasteiger partial charge in [0.1, 0.15) is 5.82 Å². The molecule has 1 N–H and O–H groups in total. The number of nitriles is 1. The van der Waals surface area contributed by atoms with Gasteiger partial charge in [0.05, 0.1) is 34.4 Å². The molecule has 1 aromatic carbocycles. The van der Waals surface area contributed by atoms with E-state index in [1.54, 1.807) is 23.0 Å². The minimum Gasteiger partial charge on any atom is -0.338 e. The smallest absolute Gasteiger partial charge is 0.141 e. The Hall–Kier alpha value is -2.61. The maximum Gasteiger partial charge on any atom is 0.141 e. The molecule has 0 amide bonds. The largest absolute Gasteiger partial charge is 0.338 e. The number of imidazole rings is 1. The molecular weight excluding hydrogens is 214 g/mol. The molecule has 2 heterocycles. The first kappa shape index (κ1) is 9.60. The molecule has 0 spiro atoms. The van der Waals surface area contributed by atoms with Crippen molar-refractivity contribution >= 4 is 11.0 Å². The number of benzene rings is 1. The summed E-state index contributed by atoms with van der Waals surface area (Å²) < 4.78 is 1.73. The molecule has 3 aromatic rings. The Labute approximate surface area is 97.3 Å². The van der Waals surface area contributed by atoms with Gasteiger partial charge in [-0.25, -0.2) is 4.98 Å². The van der Waals surface area contributed by atoms with E-state index in [4.69, 9.17) is 5.26 Å². The zero-order valence-electron chi connectivity index (χ0n) is 9.18. The van der Waals surface area contributed by atoms with Crippen LogP contribution in [0.15, 0.2) is 30.6 Å². The molecule has 0 aliphatic heterocycles. The van der Waals surface area contributed by atoms with E-state index in [1.807, 2.05) is 19.3 Å². The monoisotopic (exact) mass is 223 g/mol. The Morgan fingerprint density at radius 2 is 2.29 bits per heavy atom. The molecular formula is C12H9N5. The van der Waals surface area contributed by atoms with Gasteiger partial charge in [-0.3, -0.25) is 4.68 Å². The van der Waals surface area contributed by atoms with Crippen LogP contribution in [0, 0.1) is 11.3 Å². The molecule has 0 aliphatic rings. The van der Waals surface area contributed by atoms with Gasteiger partial charge in [0.15, 0.2) is 0 Å². The summed E-state index contributed by atoms with van der Waals surface area (Å²) in [5.74, 6) is 0.767. The van der Waals surface area contributed by atoms with E-state index in [1.165, 1.54) is 0 Å². The van der Waals surface area contributed by atoms with Crippen LogP contribution in [0.5, 0.6) is 0 Å². The highest BCUT2D eigenvalue weighted by atomic mass is 15.2. The summed E-state index contributed by atoms with van der Waals surface area (Å²) >= 11 is 0. The fourth-order valence-electron chi connectivity index (χ4n) is 1.76. The van der Waals surface area contributed by atoms with Gasteiger partial charge in [-0.05, 0) is 18.2 Å². The summed E-state index contributed by atoms with van der Waals surface area (Å²) in [6.07, 6.45) is 3.64. The van der Waals surface area contributed by atoms with Crippen molar-refractivity contribution in [3.05, 3.63) is 36.2 Å². The van der Waals surface area contributed by atoms with Gasteiger partial charge in [-0.15, -0.1) is 0 Å². The second-order valence-electron chi connectivity index (χ2n) is 3.83. The van der Waals surface area contributed by atoms with Crippen LogP contribution in [0.1, 0.15) is 5.56 Å². The molecule has 0 radical (unpaired) electrons. The normalized spacial score (nSPS) is 10.6. The fourth-order valence-corrected chi connectivity index (χ4v) is 1.76. The van der Waals surface area contributed by atoms with E-state index in [0.29, 0.717) is 5.56 Å². The first-order chi connectivity index (χ1) is 8.26. The molecule has 0 fully saturated rings. The van der Waals surface area contributed by atoms with Crippen LogP contribution in [0.3, 0.4) is 0 Å². The third-order valence-electron chi connectivity index (χ3n) is 2.59. The first-order valence-electron chi connectivity index (χ1n) is 5.15. The number of hydrogen-bond donors (Lipinski definition) is 1. The number of aromatic nitrogens is 4. The van der Waals surface area contributed by atoms with E-state index in [2.05, 4.69) is 21.1 Å². The van der Waals surface area contributed by atoms with Crippen LogP contribution >= 0.6 is 0 Å². The highest BCUT2D eigenvalue weighted by Gasteiger charge is 2.07. The van der Waals surface area contributed by atoms with Gasteiger partial charge in [0.2, 0.25) is 0 Å². The molecule has 0 unspecified atom stereocenters. The average molecular weight is 223 g/mol. The van der Waals surface area contributed by atoms with E-state index in [9.17, 15) is 0 Å². The van der Waals surface area contributed by atoms with Crippen molar-refractivity contribution in [1.82, 2.24) is 19.7 Å². The number of nitrogens with one attached hydrogen (secondary N) is 1. The number of rotatable bonds is 1. The Balaban J connectivity index is 2.17. The van der Waals surface area contributed by atoms with E-state index >= 15 is 0 Å². The molecule has 0 atom stereocenters. The van der Waals surface area contributed by atoms with Crippen LogP contribution < -0.4 is 0 Å². The number of H-pyrrole nitrogens is 1. The molecule has 0 aliphatic carbocycles. The lowest BCUT2D eigenvalue weighted by Crippen LogP contribution is -1.84. The predicted molar refractivity (Wildman–Crippen MR) is 63.0 cm³/mol. The predicted octanol–water partition coefficient (Wildman–Crippen LogP) is 1.84. The number of hydrogen-bond acceptors (Lipinski definition) is 3. The molecule has 0 saturated carbocycles. The zero-order valence-corrected chi connectivity index (χ0v) is 9.18. The van der Waals surface area contributed by atoms with Crippen LogP contribution in [0.2, 0.25) is 0 Å². The minimum atomic E-state index is 0.624.